The number of hydrogen-bond acceptors (Lipinski definition) is 2. The predicted molar refractivity (Wildman–Crippen MR) is 112 cm³/mol. The lowest BCUT2D eigenvalue weighted by Gasteiger charge is -2.35. The molecule has 0 bridgehead atoms. The number of likely N-dealkylation sites (tertiary alicyclic amines) is 1. The summed E-state index contributed by atoms with van der Waals surface area (Å²) < 4.78 is 0. The Labute approximate surface area is 171 Å². The molecule has 1 heterocycles. The van der Waals surface area contributed by atoms with Gasteiger partial charge in [0.15, 0.2) is 0 Å². The first-order chi connectivity index (χ1) is 13.6. The fourth-order valence-corrected chi connectivity index (χ4v) is 5.41. The Balaban J connectivity index is 1.38. The maximum atomic E-state index is 11.4. The smallest absolute Gasteiger partial charge is 0.307 e. The Morgan fingerprint density at radius 1 is 1.00 bits per heavy atom. The highest BCUT2D eigenvalue weighted by molar-refractivity contribution is 6.31. The molecular weight excluding hydrogens is 370 g/mol. The van der Waals surface area contributed by atoms with Gasteiger partial charge in [-0.25, -0.2) is 0 Å². The topological polar surface area (TPSA) is 40.5 Å². The molecule has 3 aliphatic rings. The maximum absolute atomic E-state index is 11.4. The second kappa shape index (κ2) is 7.20. The molecule has 1 saturated heterocycles. The molecule has 2 unspecified atom stereocenters. The SMILES string of the molecule is O=C(O)C1CCCN(C2CCc3cc(-c4ccc(C5CC5)c(Cl)c4)ccc32)C1. The van der Waals surface area contributed by atoms with Gasteiger partial charge in [-0.2, -0.15) is 0 Å². The van der Waals surface area contributed by atoms with Gasteiger partial charge in [-0.1, -0.05) is 41.9 Å². The average Bonchev–Trinajstić information content (AvgIpc) is 3.46. The number of fused-ring (bicyclic) bond motifs is 1. The molecule has 2 atom stereocenters. The number of halogens is 1. The molecule has 1 saturated carbocycles. The molecule has 1 aliphatic heterocycles. The molecule has 3 nitrogen and oxygen atoms in total. The van der Waals surface area contributed by atoms with E-state index in [1.54, 1.807) is 0 Å². The molecule has 0 radical (unpaired) electrons. The standard InChI is InChI=1S/C24H26ClNO2/c25-22-13-17(5-8-20(22)15-3-4-15)16-6-9-21-18(12-16)7-10-23(21)26-11-1-2-19(14-26)24(27)28/h5-6,8-9,12-13,15,19,23H,1-4,7,10-11,14H2,(H,27,28). The summed E-state index contributed by atoms with van der Waals surface area (Å²) in [5.41, 5.74) is 6.50. The van der Waals surface area contributed by atoms with E-state index in [0.717, 1.165) is 37.3 Å². The van der Waals surface area contributed by atoms with Crippen molar-refractivity contribution < 1.29 is 9.90 Å². The van der Waals surface area contributed by atoms with Crippen molar-refractivity contribution in [2.45, 2.75) is 50.5 Å². The minimum atomic E-state index is -0.648. The molecule has 146 valence electrons. The van der Waals surface area contributed by atoms with Crippen LogP contribution < -0.4 is 0 Å². The lowest BCUT2D eigenvalue weighted by Crippen LogP contribution is -2.40. The number of aliphatic carboxylic acids is 1. The van der Waals surface area contributed by atoms with Crippen LogP contribution in [-0.2, 0) is 11.2 Å². The monoisotopic (exact) mass is 395 g/mol. The van der Waals surface area contributed by atoms with Crippen LogP contribution in [0.15, 0.2) is 36.4 Å². The number of nitrogens with zero attached hydrogens (tertiary/aromatic N) is 1. The summed E-state index contributed by atoms with van der Waals surface area (Å²) in [4.78, 5) is 13.8. The van der Waals surface area contributed by atoms with E-state index in [4.69, 9.17) is 11.6 Å². The van der Waals surface area contributed by atoms with Gasteiger partial charge in [0, 0.05) is 17.6 Å². The third-order valence-corrected chi connectivity index (χ3v) is 7.11. The second-order valence-electron chi connectivity index (χ2n) is 8.65. The fraction of sp³-hybridized carbons (Fsp3) is 0.458. The molecule has 2 aliphatic carbocycles. The van der Waals surface area contributed by atoms with E-state index in [-0.39, 0.29) is 5.92 Å². The van der Waals surface area contributed by atoms with Gasteiger partial charge >= 0.3 is 5.97 Å². The first-order valence-electron chi connectivity index (χ1n) is 10.5. The summed E-state index contributed by atoms with van der Waals surface area (Å²) in [5, 5.41) is 10.3. The van der Waals surface area contributed by atoms with Gasteiger partial charge in [0.1, 0.15) is 0 Å². The van der Waals surface area contributed by atoms with Crippen LogP contribution in [0.25, 0.3) is 11.1 Å². The van der Waals surface area contributed by atoms with Crippen LogP contribution in [0.2, 0.25) is 5.02 Å². The van der Waals surface area contributed by atoms with Gasteiger partial charge in [0.05, 0.1) is 5.92 Å². The van der Waals surface area contributed by atoms with Crippen molar-refractivity contribution in [1.29, 1.82) is 0 Å². The van der Waals surface area contributed by atoms with E-state index in [1.807, 2.05) is 0 Å². The Hall–Kier alpha value is -1.84. The molecule has 2 fully saturated rings. The Bertz CT molecular complexity index is 921. The van der Waals surface area contributed by atoms with E-state index < -0.39 is 5.97 Å². The molecule has 1 N–H and O–H groups in total. The van der Waals surface area contributed by atoms with Gasteiger partial charge in [-0.05, 0) is 84.9 Å². The van der Waals surface area contributed by atoms with E-state index >= 15 is 0 Å². The summed E-state index contributed by atoms with van der Waals surface area (Å²) >= 11 is 6.54. The first-order valence-corrected chi connectivity index (χ1v) is 10.9. The van der Waals surface area contributed by atoms with Crippen molar-refractivity contribution in [3.63, 3.8) is 0 Å². The highest BCUT2D eigenvalue weighted by Crippen LogP contribution is 2.45. The second-order valence-corrected chi connectivity index (χ2v) is 9.06. The van der Waals surface area contributed by atoms with Gasteiger partial charge in [-0.15, -0.1) is 0 Å². The zero-order chi connectivity index (χ0) is 19.3. The average molecular weight is 396 g/mol. The summed E-state index contributed by atoms with van der Waals surface area (Å²) in [6, 6.07) is 13.7. The van der Waals surface area contributed by atoms with Crippen LogP contribution >= 0.6 is 11.6 Å². The Morgan fingerprint density at radius 2 is 1.75 bits per heavy atom. The predicted octanol–water partition coefficient (Wildman–Crippen LogP) is 5.67. The van der Waals surface area contributed by atoms with Crippen molar-refractivity contribution in [3.05, 3.63) is 58.1 Å². The van der Waals surface area contributed by atoms with Crippen molar-refractivity contribution in [1.82, 2.24) is 4.90 Å². The highest BCUT2D eigenvalue weighted by atomic mass is 35.5. The van der Waals surface area contributed by atoms with Crippen LogP contribution in [0.5, 0.6) is 0 Å². The van der Waals surface area contributed by atoms with Crippen molar-refractivity contribution in [2.75, 3.05) is 13.1 Å². The van der Waals surface area contributed by atoms with Crippen LogP contribution in [0, 0.1) is 5.92 Å². The largest absolute Gasteiger partial charge is 0.481 e. The molecule has 5 rings (SSSR count). The number of rotatable bonds is 4. The zero-order valence-corrected chi connectivity index (χ0v) is 16.8. The van der Waals surface area contributed by atoms with Gasteiger partial charge in [-0.3, -0.25) is 9.69 Å². The number of piperidine rings is 1. The molecule has 2 aromatic rings. The number of carboxylic acid groups (broad SMARTS) is 1. The Kier molecular flexibility index (Phi) is 4.68. The van der Waals surface area contributed by atoms with Crippen molar-refractivity contribution in [3.8, 4) is 11.1 Å². The summed E-state index contributed by atoms with van der Waals surface area (Å²) in [5.74, 6) is -0.199. The van der Waals surface area contributed by atoms with E-state index in [9.17, 15) is 9.90 Å². The van der Waals surface area contributed by atoms with Crippen LogP contribution in [0.3, 0.4) is 0 Å². The number of aryl methyl sites for hydroxylation is 1. The Morgan fingerprint density at radius 3 is 2.46 bits per heavy atom. The maximum Gasteiger partial charge on any atom is 0.307 e. The minimum Gasteiger partial charge on any atom is -0.481 e. The molecule has 0 aromatic heterocycles. The van der Waals surface area contributed by atoms with Crippen LogP contribution in [0.1, 0.15) is 60.8 Å². The minimum absolute atomic E-state index is 0.218. The first kappa shape index (κ1) is 18.2. The van der Waals surface area contributed by atoms with Crippen molar-refractivity contribution in [2.24, 2.45) is 5.92 Å². The summed E-state index contributed by atoms with van der Waals surface area (Å²) in [6.45, 7) is 1.69. The third kappa shape index (κ3) is 3.35. The fourth-order valence-electron chi connectivity index (χ4n) is 5.08. The van der Waals surface area contributed by atoms with Gasteiger partial charge in [0.2, 0.25) is 0 Å². The van der Waals surface area contributed by atoms with Crippen molar-refractivity contribution >= 4 is 17.6 Å². The van der Waals surface area contributed by atoms with Crippen LogP contribution in [0.4, 0.5) is 0 Å². The molecule has 4 heteroatoms. The number of hydrogen-bond donors (Lipinski definition) is 1. The van der Waals surface area contributed by atoms with E-state index in [0.29, 0.717) is 18.5 Å². The van der Waals surface area contributed by atoms with Gasteiger partial charge < -0.3 is 5.11 Å². The summed E-state index contributed by atoms with van der Waals surface area (Å²) in [6.07, 6.45) is 6.47. The molecule has 0 spiro atoms. The van der Waals surface area contributed by atoms with E-state index in [2.05, 4.69) is 41.3 Å². The van der Waals surface area contributed by atoms with Gasteiger partial charge in [0.25, 0.3) is 0 Å². The normalized spacial score (nSPS) is 24.9. The lowest BCUT2D eigenvalue weighted by atomic mass is 9.94. The number of carboxylic acids is 1. The number of benzene rings is 2. The molecular formula is C24H26ClNO2. The third-order valence-electron chi connectivity index (χ3n) is 6.78. The lowest BCUT2D eigenvalue weighted by molar-refractivity contribution is -0.144. The zero-order valence-electron chi connectivity index (χ0n) is 16.0. The van der Waals surface area contributed by atoms with E-state index in [1.165, 1.54) is 40.7 Å². The summed E-state index contributed by atoms with van der Waals surface area (Å²) in [7, 11) is 0. The number of carbonyl (C=O) groups is 1. The molecule has 2 aromatic carbocycles. The van der Waals surface area contributed by atoms with Crippen LogP contribution in [-0.4, -0.2) is 29.1 Å². The molecule has 28 heavy (non-hydrogen) atoms. The molecule has 0 amide bonds. The highest BCUT2D eigenvalue weighted by Gasteiger charge is 2.33. The quantitative estimate of drug-likeness (QED) is 0.725.